The van der Waals surface area contributed by atoms with Crippen LogP contribution in [0.15, 0.2) is 0 Å². The molecule has 1 heterocycles. The van der Waals surface area contributed by atoms with E-state index in [1.165, 1.54) is 4.31 Å². The molecule has 0 radical (unpaired) electrons. The van der Waals surface area contributed by atoms with Crippen LogP contribution in [0.5, 0.6) is 0 Å². The Morgan fingerprint density at radius 3 is 2.28 bits per heavy atom. The number of aliphatic carboxylic acids is 1. The van der Waals surface area contributed by atoms with Crippen molar-refractivity contribution in [3.05, 3.63) is 0 Å². The van der Waals surface area contributed by atoms with Crippen LogP contribution in [0.25, 0.3) is 0 Å². The molecule has 18 heavy (non-hydrogen) atoms. The van der Waals surface area contributed by atoms with Crippen LogP contribution in [0.3, 0.4) is 0 Å². The van der Waals surface area contributed by atoms with Gasteiger partial charge in [-0.05, 0) is 18.8 Å². The smallest absolute Gasteiger partial charge is 0.308 e. The highest BCUT2D eigenvalue weighted by Gasteiger charge is 2.42. The quantitative estimate of drug-likeness (QED) is 0.842. The maximum Gasteiger partial charge on any atom is 0.308 e. The number of nitrogens with zero attached hydrogens (tertiary/aromatic N) is 1. The Kier molecular flexibility index (Phi) is 3.96. The molecular weight excluding hydrogens is 254 g/mol. The molecule has 0 bridgehead atoms. The number of rotatable bonds is 3. The minimum Gasteiger partial charge on any atom is -0.481 e. The fourth-order valence-corrected chi connectivity index (χ4v) is 5.19. The first-order valence-corrected chi connectivity index (χ1v) is 8.15. The molecule has 2 aliphatic rings. The Hall–Kier alpha value is -0.620. The molecule has 2 unspecified atom stereocenters. The zero-order chi connectivity index (χ0) is 13.3. The van der Waals surface area contributed by atoms with Crippen LogP contribution in [0.1, 0.15) is 39.0 Å². The lowest BCUT2D eigenvalue weighted by Gasteiger charge is -2.26. The van der Waals surface area contributed by atoms with Crippen molar-refractivity contribution in [2.75, 3.05) is 13.1 Å². The van der Waals surface area contributed by atoms with E-state index in [1.807, 2.05) is 6.92 Å². The third kappa shape index (κ3) is 2.54. The standard InChI is InChI=1S/C12H21NO4S/c1-9-7-13(8-11(9)12(14)15)18(16,17)10-5-3-2-4-6-10/h9-11H,2-8H2,1H3,(H,14,15). The molecule has 0 aromatic rings. The van der Waals surface area contributed by atoms with Gasteiger partial charge in [0.25, 0.3) is 0 Å². The van der Waals surface area contributed by atoms with Gasteiger partial charge in [0.15, 0.2) is 0 Å². The molecule has 0 aromatic carbocycles. The third-order valence-corrected chi connectivity index (χ3v) is 6.56. The van der Waals surface area contributed by atoms with Gasteiger partial charge >= 0.3 is 5.97 Å². The number of sulfonamides is 1. The molecule has 0 amide bonds. The summed E-state index contributed by atoms with van der Waals surface area (Å²) in [6.07, 6.45) is 4.50. The molecule has 1 aliphatic carbocycles. The second-order valence-electron chi connectivity index (χ2n) is 5.54. The van der Waals surface area contributed by atoms with E-state index in [0.29, 0.717) is 6.54 Å². The lowest BCUT2D eigenvalue weighted by atomic mass is 9.99. The Balaban J connectivity index is 2.09. The zero-order valence-electron chi connectivity index (χ0n) is 10.7. The minimum atomic E-state index is -3.29. The molecule has 104 valence electrons. The first kappa shape index (κ1) is 13.8. The van der Waals surface area contributed by atoms with Gasteiger partial charge in [0.05, 0.1) is 11.2 Å². The molecule has 1 saturated carbocycles. The first-order valence-electron chi connectivity index (χ1n) is 6.64. The van der Waals surface area contributed by atoms with Gasteiger partial charge in [-0.15, -0.1) is 0 Å². The van der Waals surface area contributed by atoms with Crippen molar-refractivity contribution >= 4 is 16.0 Å². The SMILES string of the molecule is CC1CN(S(=O)(=O)C2CCCCC2)CC1C(=O)O. The van der Waals surface area contributed by atoms with E-state index in [4.69, 9.17) is 5.11 Å². The van der Waals surface area contributed by atoms with Crippen LogP contribution >= 0.6 is 0 Å². The van der Waals surface area contributed by atoms with Crippen molar-refractivity contribution in [3.63, 3.8) is 0 Å². The van der Waals surface area contributed by atoms with Crippen LogP contribution in [-0.2, 0) is 14.8 Å². The summed E-state index contributed by atoms with van der Waals surface area (Å²) in [5, 5.41) is 8.77. The largest absolute Gasteiger partial charge is 0.481 e. The van der Waals surface area contributed by atoms with Crippen LogP contribution in [0.4, 0.5) is 0 Å². The second-order valence-corrected chi connectivity index (χ2v) is 7.76. The van der Waals surface area contributed by atoms with Crippen molar-refractivity contribution < 1.29 is 18.3 Å². The Morgan fingerprint density at radius 2 is 1.78 bits per heavy atom. The van der Waals surface area contributed by atoms with Gasteiger partial charge in [0.2, 0.25) is 10.0 Å². The topological polar surface area (TPSA) is 74.7 Å². The number of carboxylic acid groups (broad SMARTS) is 1. The van der Waals surface area contributed by atoms with E-state index < -0.39 is 21.9 Å². The van der Waals surface area contributed by atoms with Gasteiger partial charge in [-0.1, -0.05) is 26.2 Å². The van der Waals surface area contributed by atoms with Crippen molar-refractivity contribution in [1.29, 1.82) is 0 Å². The fraction of sp³-hybridized carbons (Fsp3) is 0.917. The molecule has 0 spiro atoms. The summed E-state index contributed by atoms with van der Waals surface area (Å²) in [5.74, 6) is -1.53. The van der Waals surface area contributed by atoms with Gasteiger partial charge in [-0.3, -0.25) is 4.79 Å². The number of carbonyl (C=O) groups is 1. The average Bonchev–Trinajstić information content (AvgIpc) is 2.73. The van der Waals surface area contributed by atoms with E-state index in [9.17, 15) is 13.2 Å². The van der Waals surface area contributed by atoms with Gasteiger partial charge in [0.1, 0.15) is 0 Å². The fourth-order valence-electron chi connectivity index (χ4n) is 3.03. The molecule has 5 nitrogen and oxygen atoms in total. The highest BCUT2D eigenvalue weighted by atomic mass is 32.2. The van der Waals surface area contributed by atoms with Gasteiger partial charge in [0, 0.05) is 13.1 Å². The second kappa shape index (κ2) is 5.17. The molecule has 0 aromatic heterocycles. The summed E-state index contributed by atoms with van der Waals surface area (Å²) in [6, 6.07) is 0. The Bertz CT molecular complexity index is 414. The van der Waals surface area contributed by atoms with E-state index >= 15 is 0 Å². The van der Waals surface area contributed by atoms with Gasteiger partial charge in [-0.25, -0.2) is 12.7 Å². The Morgan fingerprint density at radius 1 is 1.17 bits per heavy atom. The highest BCUT2D eigenvalue weighted by molar-refractivity contribution is 7.89. The van der Waals surface area contributed by atoms with Crippen LogP contribution in [-0.4, -0.2) is 42.1 Å². The lowest BCUT2D eigenvalue weighted by molar-refractivity contribution is -0.142. The van der Waals surface area contributed by atoms with Crippen LogP contribution in [0, 0.1) is 11.8 Å². The van der Waals surface area contributed by atoms with E-state index in [1.54, 1.807) is 0 Å². The van der Waals surface area contributed by atoms with E-state index in [2.05, 4.69) is 0 Å². The predicted molar refractivity (Wildman–Crippen MR) is 67.7 cm³/mol. The van der Waals surface area contributed by atoms with E-state index in [0.717, 1.165) is 32.1 Å². The highest BCUT2D eigenvalue weighted by Crippen LogP contribution is 2.31. The zero-order valence-corrected chi connectivity index (χ0v) is 11.5. The van der Waals surface area contributed by atoms with Crippen LogP contribution < -0.4 is 0 Å². The molecule has 1 N–H and O–H groups in total. The van der Waals surface area contributed by atoms with Gasteiger partial charge < -0.3 is 5.11 Å². The van der Waals surface area contributed by atoms with Crippen molar-refractivity contribution in [1.82, 2.24) is 4.31 Å². The van der Waals surface area contributed by atoms with Crippen molar-refractivity contribution in [3.8, 4) is 0 Å². The molecule has 2 rings (SSSR count). The molecule has 2 atom stereocenters. The monoisotopic (exact) mass is 275 g/mol. The Labute approximate surface area is 108 Å². The van der Waals surface area contributed by atoms with Crippen molar-refractivity contribution in [2.45, 2.75) is 44.3 Å². The summed E-state index contributed by atoms with van der Waals surface area (Å²) in [4.78, 5) is 11.0. The summed E-state index contributed by atoms with van der Waals surface area (Å²) < 4.78 is 26.3. The lowest BCUT2D eigenvalue weighted by Crippen LogP contribution is -2.38. The maximum absolute atomic E-state index is 12.4. The molecule has 2 fully saturated rings. The molecule has 1 aliphatic heterocycles. The third-order valence-electron chi connectivity index (χ3n) is 4.23. The minimum absolute atomic E-state index is 0.0964. The summed E-state index contributed by atoms with van der Waals surface area (Å²) >= 11 is 0. The maximum atomic E-state index is 12.4. The summed E-state index contributed by atoms with van der Waals surface area (Å²) in [7, 11) is -3.29. The van der Waals surface area contributed by atoms with Crippen molar-refractivity contribution in [2.24, 2.45) is 11.8 Å². The summed E-state index contributed by atoms with van der Waals surface area (Å²) in [6.45, 7) is 2.32. The first-order chi connectivity index (χ1) is 8.43. The average molecular weight is 275 g/mol. The predicted octanol–water partition coefficient (Wildman–Crippen LogP) is 1.30. The normalized spacial score (nSPS) is 31.6. The number of carboxylic acids is 1. The number of hydrogen-bond donors (Lipinski definition) is 1. The molecular formula is C12H21NO4S. The molecule has 6 heteroatoms. The van der Waals surface area contributed by atoms with Gasteiger partial charge in [-0.2, -0.15) is 0 Å². The molecule has 1 saturated heterocycles. The summed E-state index contributed by atoms with van der Waals surface area (Å²) in [5.41, 5.74) is 0. The van der Waals surface area contributed by atoms with Crippen LogP contribution in [0.2, 0.25) is 0 Å². The number of hydrogen-bond acceptors (Lipinski definition) is 3. The van der Waals surface area contributed by atoms with E-state index in [-0.39, 0.29) is 17.7 Å².